The first-order valence-corrected chi connectivity index (χ1v) is 3.83. The van der Waals surface area contributed by atoms with E-state index in [4.69, 9.17) is 0 Å². The van der Waals surface area contributed by atoms with Crippen molar-refractivity contribution in [3.63, 3.8) is 0 Å². The van der Waals surface area contributed by atoms with Gasteiger partial charge in [0.25, 0.3) is 0 Å². The molecule has 0 saturated carbocycles. The van der Waals surface area contributed by atoms with Gasteiger partial charge in [-0.1, -0.05) is 6.58 Å². The fourth-order valence-corrected chi connectivity index (χ4v) is 1.10. The van der Waals surface area contributed by atoms with Crippen LogP contribution in [0.3, 0.4) is 0 Å². The predicted molar refractivity (Wildman–Crippen MR) is 47.4 cm³/mol. The highest BCUT2D eigenvalue weighted by molar-refractivity contribution is 5.37. The molecule has 2 heteroatoms. The van der Waals surface area contributed by atoms with E-state index >= 15 is 0 Å². The molecule has 1 heterocycles. The molecule has 0 aliphatic carbocycles. The third-order valence-electron chi connectivity index (χ3n) is 1.62. The van der Waals surface area contributed by atoms with Crippen LogP contribution in [-0.4, -0.2) is 9.55 Å². The van der Waals surface area contributed by atoms with Crippen LogP contribution in [0.1, 0.15) is 31.4 Å². The molecule has 0 N–H and O–H groups in total. The van der Waals surface area contributed by atoms with Crippen molar-refractivity contribution in [1.29, 1.82) is 0 Å². The molecular weight excluding hydrogens is 136 g/mol. The molecule has 2 nitrogen and oxygen atoms in total. The lowest BCUT2D eigenvalue weighted by Crippen LogP contribution is -2.00. The predicted octanol–water partition coefficient (Wildman–Crippen LogP) is 2.42. The zero-order valence-electron chi connectivity index (χ0n) is 7.33. The molecule has 1 aromatic heterocycles. The summed E-state index contributed by atoms with van der Waals surface area (Å²) in [5.74, 6) is 0.956. The minimum atomic E-state index is 0.462. The van der Waals surface area contributed by atoms with Crippen molar-refractivity contribution in [2.24, 2.45) is 0 Å². The molecule has 11 heavy (non-hydrogen) atoms. The van der Waals surface area contributed by atoms with Gasteiger partial charge < -0.3 is 4.57 Å². The highest BCUT2D eigenvalue weighted by atomic mass is 15.1. The molecule has 60 valence electrons. The van der Waals surface area contributed by atoms with Crippen LogP contribution >= 0.6 is 0 Å². The maximum atomic E-state index is 4.30. The van der Waals surface area contributed by atoms with Crippen LogP contribution in [-0.2, 0) is 0 Å². The van der Waals surface area contributed by atoms with Crippen molar-refractivity contribution in [2.45, 2.75) is 26.8 Å². The summed E-state index contributed by atoms with van der Waals surface area (Å²) in [6, 6.07) is 0.462. The molecule has 0 aliphatic rings. The Labute approximate surface area is 67.6 Å². The minimum Gasteiger partial charge on any atom is -0.329 e. The molecule has 0 aliphatic heterocycles. The zero-order chi connectivity index (χ0) is 8.43. The lowest BCUT2D eigenvalue weighted by atomic mass is 10.4. The summed E-state index contributed by atoms with van der Waals surface area (Å²) < 4.78 is 2.11. The molecule has 0 aromatic carbocycles. The fraction of sp³-hybridized carbons (Fsp3) is 0.444. The van der Waals surface area contributed by atoms with Gasteiger partial charge in [-0.05, 0) is 26.8 Å². The Morgan fingerprint density at radius 1 is 1.64 bits per heavy atom. The van der Waals surface area contributed by atoms with Gasteiger partial charge in [0.2, 0.25) is 0 Å². The molecule has 0 atom stereocenters. The monoisotopic (exact) mass is 150 g/mol. The number of nitrogens with zero attached hydrogens (tertiary/aromatic N) is 2. The number of hydrogen-bond donors (Lipinski definition) is 0. The summed E-state index contributed by atoms with van der Waals surface area (Å²) in [7, 11) is 0. The SMILES string of the molecule is C=Cc1nc(C)cn1C(C)C. The number of imidazole rings is 1. The Morgan fingerprint density at radius 3 is 2.64 bits per heavy atom. The van der Waals surface area contributed by atoms with Gasteiger partial charge in [0.15, 0.2) is 0 Å². The van der Waals surface area contributed by atoms with Gasteiger partial charge in [-0.25, -0.2) is 4.98 Å². The number of aryl methyl sites for hydroxylation is 1. The largest absolute Gasteiger partial charge is 0.329 e. The normalized spacial score (nSPS) is 10.5. The van der Waals surface area contributed by atoms with E-state index < -0.39 is 0 Å². The van der Waals surface area contributed by atoms with Crippen LogP contribution in [0.15, 0.2) is 12.8 Å². The Morgan fingerprint density at radius 2 is 2.27 bits per heavy atom. The molecule has 0 amide bonds. The molecule has 1 rings (SSSR count). The highest BCUT2D eigenvalue weighted by Crippen LogP contribution is 2.10. The standard InChI is InChI=1S/C9H14N2/c1-5-9-10-8(4)6-11(9)7(2)3/h5-7H,1H2,2-4H3. The van der Waals surface area contributed by atoms with Gasteiger partial charge in [-0.2, -0.15) is 0 Å². The number of hydrogen-bond acceptors (Lipinski definition) is 1. The van der Waals surface area contributed by atoms with E-state index in [2.05, 4.69) is 30.0 Å². The Balaban J connectivity index is 3.11. The van der Waals surface area contributed by atoms with Gasteiger partial charge in [-0.15, -0.1) is 0 Å². The molecular formula is C9H14N2. The van der Waals surface area contributed by atoms with E-state index in [0.717, 1.165) is 11.5 Å². The molecule has 0 radical (unpaired) electrons. The molecule has 0 fully saturated rings. The van der Waals surface area contributed by atoms with Gasteiger partial charge in [-0.3, -0.25) is 0 Å². The van der Waals surface area contributed by atoms with Crippen molar-refractivity contribution in [2.75, 3.05) is 0 Å². The van der Waals surface area contributed by atoms with Crippen LogP contribution in [0.25, 0.3) is 6.08 Å². The zero-order valence-corrected chi connectivity index (χ0v) is 7.33. The van der Waals surface area contributed by atoms with E-state index in [0.29, 0.717) is 6.04 Å². The lowest BCUT2D eigenvalue weighted by molar-refractivity contribution is 0.594. The first kappa shape index (κ1) is 8.05. The third-order valence-corrected chi connectivity index (χ3v) is 1.62. The molecule has 1 aromatic rings. The third kappa shape index (κ3) is 1.50. The summed E-state index contributed by atoms with van der Waals surface area (Å²) in [5.41, 5.74) is 1.05. The molecule has 0 spiro atoms. The van der Waals surface area contributed by atoms with Crippen molar-refractivity contribution in [3.05, 3.63) is 24.3 Å². The smallest absolute Gasteiger partial charge is 0.132 e. The average Bonchev–Trinajstić information content (AvgIpc) is 2.30. The van der Waals surface area contributed by atoms with Gasteiger partial charge >= 0.3 is 0 Å². The van der Waals surface area contributed by atoms with Gasteiger partial charge in [0.05, 0.1) is 5.69 Å². The average molecular weight is 150 g/mol. The van der Waals surface area contributed by atoms with Gasteiger partial charge in [0, 0.05) is 12.2 Å². The molecule has 0 unspecified atom stereocenters. The summed E-state index contributed by atoms with van der Waals surface area (Å²) in [4.78, 5) is 4.30. The van der Waals surface area contributed by atoms with Crippen LogP contribution < -0.4 is 0 Å². The fourth-order valence-electron chi connectivity index (χ4n) is 1.10. The van der Waals surface area contributed by atoms with E-state index in [9.17, 15) is 0 Å². The first-order chi connectivity index (χ1) is 5.15. The minimum absolute atomic E-state index is 0.462. The second-order valence-electron chi connectivity index (χ2n) is 2.95. The quantitative estimate of drug-likeness (QED) is 0.633. The Bertz CT molecular complexity index is 259. The maximum absolute atomic E-state index is 4.30. The Kier molecular flexibility index (Phi) is 2.13. The lowest BCUT2D eigenvalue weighted by Gasteiger charge is -2.07. The van der Waals surface area contributed by atoms with Crippen molar-refractivity contribution >= 4 is 6.08 Å². The van der Waals surface area contributed by atoms with Crippen LogP contribution in [0.5, 0.6) is 0 Å². The van der Waals surface area contributed by atoms with Crippen LogP contribution in [0, 0.1) is 6.92 Å². The van der Waals surface area contributed by atoms with E-state index in [-0.39, 0.29) is 0 Å². The first-order valence-electron chi connectivity index (χ1n) is 3.83. The number of rotatable bonds is 2. The topological polar surface area (TPSA) is 17.8 Å². The van der Waals surface area contributed by atoms with Crippen molar-refractivity contribution in [3.8, 4) is 0 Å². The molecule has 0 saturated heterocycles. The van der Waals surface area contributed by atoms with Crippen LogP contribution in [0.4, 0.5) is 0 Å². The summed E-state index contributed by atoms with van der Waals surface area (Å²) in [5, 5.41) is 0. The van der Waals surface area contributed by atoms with Gasteiger partial charge in [0.1, 0.15) is 5.82 Å². The second kappa shape index (κ2) is 2.91. The highest BCUT2D eigenvalue weighted by Gasteiger charge is 2.03. The van der Waals surface area contributed by atoms with Crippen LogP contribution in [0.2, 0.25) is 0 Å². The van der Waals surface area contributed by atoms with E-state index in [1.807, 2.05) is 13.1 Å². The second-order valence-corrected chi connectivity index (χ2v) is 2.95. The summed E-state index contributed by atoms with van der Waals surface area (Å²) >= 11 is 0. The van der Waals surface area contributed by atoms with E-state index in [1.54, 1.807) is 6.08 Å². The summed E-state index contributed by atoms with van der Waals surface area (Å²) in [6.07, 6.45) is 3.83. The van der Waals surface area contributed by atoms with Crippen molar-refractivity contribution < 1.29 is 0 Å². The van der Waals surface area contributed by atoms with Crippen molar-refractivity contribution in [1.82, 2.24) is 9.55 Å². The Hall–Kier alpha value is -1.05. The maximum Gasteiger partial charge on any atom is 0.132 e. The number of aromatic nitrogens is 2. The van der Waals surface area contributed by atoms with E-state index in [1.165, 1.54) is 0 Å². The summed E-state index contributed by atoms with van der Waals surface area (Å²) in [6.45, 7) is 9.96. The molecule has 0 bridgehead atoms.